The molecule has 2 unspecified atom stereocenters. The number of ether oxygens (including phenoxy) is 1. The second kappa shape index (κ2) is 6.06. The second-order valence-electron chi connectivity index (χ2n) is 6.42. The molecule has 2 rings (SSSR count). The van der Waals surface area contributed by atoms with Crippen LogP contribution in [0, 0.1) is 5.92 Å². The minimum absolute atomic E-state index is 0.0733. The highest BCUT2D eigenvalue weighted by atomic mass is 16.5. The maximum Gasteiger partial charge on any atom is 0.0811 e. The van der Waals surface area contributed by atoms with E-state index in [4.69, 9.17) is 10.5 Å². The van der Waals surface area contributed by atoms with E-state index in [2.05, 4.69) is 45.0 Å². The highest BCUT2D eigenvalue weighted by Gasteiger charge is 2.37. The van der Waals surface area contributed by atoms with Crippen molar-refractivity contribution in [2.24, 2.45) is 11.7 Å². The van der Waals surface area contributed by atoms with Gasteiger partial charge in [-0.25, -0.2) is 0 Å². The van der Waals surface area contributed by atoms with Gasteiger partial charge in [-0.1, -0.05) is 45.0 Å². The number of hydrogen-bond donors (Lipinski definition) is 1. The van der Waals surface area contributed by atoms with Crippen LogP contribution in [0.15, 0.2) is 24.3 Å². The first-order chi connectivity index (χ1) is 9.04. The fourth-order valence-electron chi connectivity index (χ4n) is 2.96. The molecule has 0 bridgehead atoms. The molecule has 0 aliphatic heterocycles. The summed E-state index contributed by atoms with van der Waals surface area (Å²) in [6.45, 7) is 8.05. The Balaban J connectivity index is 1.94. The Labute approximate surface area is 117 Å². The van der Waals surface area contributed by atoms with E-state index in [-0.39, 0.29) is 5.60 Å². The number of nitrogens with two attached hydrogens (primary N) is 1. The van der Waals surface area contributed by atoms with Crippen molar-refractivity contribution < 1.29 is 4.74 Å². The van der Waals surface area contributed by atoms with Crippen molar-refractivity contribution in [2.45, 2.75) is 58.2 Å². The minimum Gasteiger partial charge on any atom is -0.369 e. The van der Waals surface area contributed by atoms with E-state index in [0.29, 0.717) is 19.1 Å². The van der Waals surface area contributed by atoms with Crippen LogP contribution in [0.25, 0.3) is 0 Å². The van der Waals surface area contributed by atoms with E-state index in [1.54, 1.807) is 0 Å². The largest absolute Gasteiger partial charge is 0.369 e. The van der Waals surface area contributed by atoms with Crippen LogP contribution in [0.3, 0.4) is 0 Å². The van der Waals surface area contributed by atoms with Crippen molar-refractivity contribution in [2.75, 3.05) is 6.54 Å². The Morgan fingerprint density at radius 3 is 2.47 bits per heavy atom. The fourth-order valence-corrected chi connectivity index (χ4v) is 2.96. The average molecular weight is 261 g/mol. The van der Waals surface area contributed by atoms with E-state index in [0.717, 1.165) is 18.8 Å². The fraction of sp³-hybridized carbons (Fsp3) is 0.647. The van der Waals surface area contributed by atoms with Gasteiger partial charge in [0.15, 0.2) is 0 Å². The highest BCUT2D eigenvalue weighted by molar-refractivity contribution is 5.24. The summed E-state index contributed by atoms with van der Waals surface area (Å²) in [5, 5.41) is 0. The Morgan fingerprint density at radius 1 is 1.32 bits per heavy atom. The Hall–Kier alpha value is -0.860. The molecule has 0 saturated heterocycles. The van der Waals surface area contributed by atoms with Gasteiger partial charge in [-0.15, -0.1) is 0 Å². The molecule has 0 heterocycles. The third kappa shape index (κ3) is 3.58. The molecule has 1 aromatic carbocycles. The smallest absolute Gasteiger partial charge is 0.0811 e. The van der Waals surface area contributed by atoms with Crippen LogP contribution in [0.5, 0.6) is 0 Å². The summed E-state index contributed by atoms with van der Waals surface area (Å²) in [7, 11) is 0. The summed E-state index contributed by atoms with van der Waals surface area (Å²) >= 11 is 0. The summed E-state index contributed by atoms with van der Waals surface area (Å²) < 4.78 is 6.17. The molecule has 0 aromatic heterocycles. The Kier molecular flexibility index (Phi) is 4.64. The maximum absolute atomic E-state index is 6.17. The molecule has 2 N–H and O–H groups in total. The van der Waals surface area contributed by atoms with Gasteiger partial charge in [0.1, 0.15) is 0 Å². The molecule has 1 aliphatic rings. The van der Waals surface area contributed by atoms with Crippen LogP contribution in [0.4, 0.5) is 0 Å². The normalized spacial score (nSPS) is 27.1. The third-order valence-electron chi connectivity index (χ3n) is 4.38. The molecule has 1 aliphatic carbocycles. The minimum atomic E-state index is -0.0733. The zero-order valence-electron chi connectivity index (χ0n) is 12.5. The van der Waals surface area contributed by atoms with Crippen LogP contribution in [-0.4, -0.2) is 12.1 Å². The standard InChI is InChI=1S/C17H27NO/c1-13(2)16-6-4-15(5-7-16)11-19-17(12-18)9-8-14(3)10-17/h4-7,13-14H,8-12,18H2,1-3H3. The first kappa shape index (κ1) is 14.5. The zero-order chi connectivity index (χ0) is 13.9. The number of hydrogen-bond acceptors (Lipinski definition) is 2. The monoisotopic (exact) mass is 261 g/mol. The van der Waals surface area contributed by atoms with Crippen LogP contribution in [0.2, 0.25) is 0 Å². The third-order valence-corrected chi connectivity index (χ3v) is 4.38. The number of rotatable bonds is 5. The van der Waals surface area contributed by atoms with Gasteiger partial charge in [-0.3, -0.25) is 0 Å². The van der Waals surface area contributed by atoms with Crippen molar-refractivity contribution in [1.29, 1.82) is 0 Å². The van der Waals surface area contributed by atoms with Crippen molar-refractivity contribution >= 4 is 0 Å². The van der Waals surface area contributed by atoms with Crippen molar-refractivity contribution in [3.63, 3.8) is 0 Å². The van der Waals surface area contributed by atoms with Crippen molar-refractivity contribution in [3.8, 4) is 0 Å². The van der Waals surface area contributed by atoms with Crippen molar-refractivity contribution in [1.82, 2.24) is 0 Å². The van der Waals surface area contributed by atoms with E-state index >= 15 is 0 Å². The van der Waals surface area contributed by atoms with E-state index < -0.39 is 0 Å². The van der Waals surface area contributed by atoms with E-state index in [1.165, 1.54) is 17.5 Å². The summed E-state index contributed by atoms with van der Waals surface area (Å²) in [6, 6.07) is 8.77. The summed E-state index contributed by atoms with van der Waals surface area (Å²) in [6.07, 6.45) is 3.45. The second-order valence-corrected chi connectivity index (χ2v) is 6.42. The quantitative estimate of drug-likeness (QED) is 0.874. The molecule has 2 nitrogen and oxygen atoms in total. The van der Waals surface area contributed by atoms with Crippen LogP contribution < -0.4 is 5.73 Å². The topological polar surface area (TPSA) is 35.2 Å². The predicted octanol–water partition coefficient (Wildman–Crippen LogP) is 3.84. The zero-order valence-corrected chi connectivity index (χ0v) is 12.5. The molecule has 0 amide bonds. The molecular formula is C17H27NO. The summed E-state index contributed by atoms with van der Waals surface area (Å²) in [5.41, 5.74) is 8.49. The predicted molar refractivity (Wildman–Crippen MR) is 80.1 cm³/mol. The van der Waals surface area contributed by atoms with Gasteiger partial charge in [0.2, 0.25) is 0 Å². The maximum atomic E-state index is 6.17. The van der Waals surface area contributed by atoms with Gasteiger partial charge in [0.05, 0.1) is 12.2 Å². The Bertz CT molecular complexity index is 398. The van der Waals surface area contributed by atoms with Gasteiger partial charge in [-0.2, -0.15) is 0 Å². The molecule has 106 valence electrons. The van der Waals surface area contributed by atoms with Crippen LogP contribution in [-0.2, 0) is 11.3 Å². The SMILES string of the molecule is CC1CCC(CN)(OCc2ccc(C(C)C)cc2)C1. The first-order valence-corrected chi connectivity index (χ1v) is 7.47. The molecule has 0 spiro atoms. The lowest BCUT2D eigenvalue weighted by Gasteiger charge is -2.28. The summed E-state index contributed by atoms with van der Waals surface area (Å²) in [5.74, 6) is 1.33. The van der Waals surface area contributed by atoms with Crippen LogP contribution in [0.1, 0.15) is 57.1 Å². The van der Waals surface area contributed by atoms with Gasteiger partial charge in [-0.05, 0) is 42.2 Å². The van der Waals surface area contributed by atoms with Gasteiger partial charge < -0.3 is 10.5 Å². The Morgan fingerprint density at radius 2 is 2.00 bits per heavy atom. The lowest BCUT2D eigenvalue weighted by Crippen LogP contribution is -2.38. The first-order valence-electron chi connectivity index (χ1n) is 7.47. The van der Waals surface area contributed by atoms with Gasteiger partial charge >= 0.3 is 0 Å². The van der Waals surface area contributed by atoms with Crippen molar-refractivity contribution in [3.05, 3.63) is 35.4 Å². The number of benzene rings is 1. The van der Waals surface area contributed by atoms with Gasteiger partial charge in [0, 0.05) is 6.54 Å². The lowest BCUT2D eigenvalue weighted by atomic mass is 10.00. The molecule has 1 saturated carbocycles. The van der Waals surface area contributed by atoms with Gasteiger partial charge in [0.25, 0.3) is 0 Å². The van der Waals surface area contributed by atoms with Crippen LogP contribution >= 0.6 is 0 Å². The van der Waals surface area contributed by atoms with E-state index in [9.17, 15) is 0 Å². The molecule has 1 aromatic rings. The average Bonchev–Trinajstić information content (AvgIpc) is 2.79. The molecular weight excluding hydrogens is 234 g/mol. The van der Waals surface area contributed by atoms with E-state index in [1.807, 2.05) is 0 Å². The molecule has 19 heavy (non-hydrogen) atoms. The lowest BCUT2D eigenvalue weighted by molar-refractivity contribution is -0.0471. The highest BCUT2D eigenvalue weighted by Crippen LogP contribution is 2.37. The molecule has 2 atom stereocenters. The summed E-state index contributed by atoms with van der Waals surface area (Å²) in [4.78, 5) is 0. The molecule has 2 heteroatoms. The molecule has 0 radical (unpaired) electrons. The molecule has 1 fully saturated rings.